The van der Waals surface area contributed by atoms with Gasteiger partial charge in [-0.25, -0.2) is 4.39 Å². The van der Waals surface area contributed by atoms with Crippen LogP contribution in [0.15, 0.2) is 24.3 Å². The van der Waals surface area contributed by atoms with Crippen LogP contribution in [0.1, 0.15) is 38.7 Å². The van der Waals surface area contributed by atoms with Crippen molar-refractivity contribution in [2.75, 3.05) is 7.05 Å². The van der Waals surface area contributed by atoms with Crippen LogP contribution in [0.2, 0.25) is 0 Å². The van der Waals surface area contributed by atoms with Crippen molar-refractivity contribution in [3.05, 3.63) is 35.6 Å². The van der Waals surface area contributed by atoms with Gasteiger partial charge in [0.15, 0.2) is 0 Å². The molecule has 0 bridgehead atoms. The van der Waals surface area contributed by atoms with Crippen molar-refractivity contribution < 1.29 is 9.50 Å². The number of hydrogen-bond donors (Lipinski definition) is 1. The number of benzene rings is 1. The Morgan fingerprint density at radius 1 is 1.28 bits per heavy atom. The number of rotatable bonds is 7. The van der Waals surface area contributed by atoms with Crippen molar-refractivity contribution in [1.82, 2.24) is 4.90 Å². The molecule has 2 atom stereocenters. The minimum Gasteiger partial charge on any atom is -0.391 e. The molecule has 0 saturated heterocycles. The summed E-state index contributed by atoms with van der Waals surface area (Å²) in [6.45, 7) is 4.65. The van der Waals surface area contributed by atoms with Gasteiger partial charge >= 0.3 is 0 Å². The van der Waals surface area contributed by atoms with E-state index in [0.29, 0.717) is 12.1 Å². The van der Waals surface area contributed by atoms with Gasteiger partial charge in [0, 0.05) is 18.2 Å². The Morgan fingerprint density at radius 2 is 1.94 bits per heavy atom. The molecule has 1 aromatic rings. The van der Waals surface area contributed by atoms with Crippen LogP contribution in [0.5, 0.6) is 0 Å². The fraction of sp³-hybridized carbons (Fsp3) is 0.600. The molecule has 0 aliphatic heterocycles. The molecule has 0 saturated carbocycles. The maximum absolute atomic E-state index is 13.6. The highest BCUT2D eigenvalue weighted by Crippen LogP contribution is 2.16. The van der Waals surface area contributed by atoms with Gasteiger partial charge in [0.1, 0.15) is 5.82 Å². The fourth-order valence-corrected chi connectivity index (χ4v) is 2.38. The number of halogens is 1. The first-order valence-electron chi connectivity index (χ1n) is 6.71. The zero-order valence-electron chi connectivity index (χ0n) is 11.6. The van der Waals surface area contributed by atoms with E-state index in [2.05, 4.69) is 13.8 Å². The second-order valence-electron chi connectivity index (χ2n) is 4.84. The second kappa shape index (κ2) is 7.49. The fourth-order valence-electron chi connectivity index (χ4n) is 2.38. The zero-order valence-corrected chi connectivity index (χ0v) is 11.6. The summed E-state index contributed by atoms with van der Waals surface area (Å²) in [7, 11) is 1.94. The summed E-state index contributed by atoms with van der Waals surface area (Å²) >= 11 is 0. The van der Waals surface area contributed by atoms with Crippen molar-refractivity contribution >= 4 is 0 Å². The average Bonchev–Trinajstić information content (AvgIpc) is 2.33. The van der Waals surface area contributed by atoms with E-state index in [1.54, 1.807) is 12.1 Å². The van der Waals surface area contributed by atoms with Gasteiger partial charge < -0.3 is 5.11 Å². The van der Waals surface area contributed by atoms with Gasteiger partial charge in [-0.05, 0) is 26.0 Å². The molecule has 0 heterocycles. The van der Waals surface area contributed by atoms with Crippen molar-refractivity contribution in [2.45, 2.75) is 51.8 Å². The van der Waals surface area contributed by atoms with Crippen LogP contribution < -0.4 is 0 Å². The number of hydrogen-bond acceptors (Lipinski definition) is 2. The quantitative estimate of drug-likeness (QED) is 0.806. The topological polar surface area (TPSA) is 23.5 Å². The van der Waals surface area contributed by atoms with Gasteiger partial charge in [0.2, 0.25) is 0 Å². The van der Waals surface area contributed by atoms with E-state index in [4.69, 9.17) is 0 Å². The molecule has 0 aliphatic rings. The van der Waals surface area contributed by atoms with Crippen molar-refractivity contribution in [1.29, 1.82) is 0 Å². The third-order valence-electron chi connectivity index (χ3n) is 3.39. The van der Waals surface area contributed by atoms with Crippen LogP contribution in [-0.4, -0.2) is 29.2 Å². The molecule has 0 amide bonds. The summed E-state index contributed by atoms with van der Waals surface area (Å²) in [5, 5.41) is 10.1. The number of likely N-dealkylation sites (N-methyl/N-ethyl adjacent to an activating group) is 1. The molecule has 102 valence electrons. The molecule has 1 aromatic carbocycles. The lowest BCUT2D eigenvalue weighted by atomic mass is 10.0. The Bertz CT molecular complexity index is 356. The largest absolute Gasteiger partial charge is 0.391 e. The smallest absolute Gasteiger partial charge is 0.127 e. The third kappa shape index (κ3) is 4.07. The van der Waals surface area contributed by atoms with Crippen LogP contribution in [0, 0.1) is 5.82 Å². The number of nitrogens with zero attached hydrogens (tertiary/aromatic N) is 1. The van der Waals surface area contributed by atoms with E-state index in [1.807, 2.05) is 18.0 Å². The summed E-state index contributed by atoms with van der Waals surface area (Å²) in [5.41, 5.74) is 0.683. The van der Waals surface area contributed by atoms with Gasteiger partial charge in [-0.15, -0.1) is 0 Å². The lowest BCUT2D eigenvalue weighted by Gasteiger charge is -2.31. The van der Waals surface area contributed by atoms with E-state index >= 15 is 0 Å². The third-order valence-corrected chi connectivity index (χ3v) is 3.39. The average molecular weight is 253 g/mol. The van der Waals surface area contributed by atoms with Crippen molar-refractivity contribution in [3.63, 3.8) is 0 Å². The van der Waals surface area contributed by atoms with Gasteiger partial charge in [-0.1, -0.05) is 38.5 Å². The summed E-state index contributed by atoms with van der Waals surface area (Å²) < 4.78 is 13.6. The number of aliphatic hydroxyl groups is 1. The molecule has 0 radical (unpaired) electrons. The highest BCUT2D eigenvalue weighted by molar-refractivity contribution is 5.17. The molecular formula is C15H24FNO. The SMILES string of the molecule is CCCC(O)C(CC)N(C)Cc1ccccc1F. The molecule has 1 N–H and O–H groups in total. The van der Waals surface area contributed by atoms with Crippen LogP contribution in [-0.2, 0) is 6.54 Å². The molecule has 0 aromatic heterocycles. The molecule has 0 spiro atoms. The first-order valence-corrected chi connectivity index (χ1v) is 6.71. The normalized spacial score (nSPS) is 14.8. The van der Waals surface area contributed by atoms with E-state index in [9.17, 15) is 9.50 Å². The Morgan fingerprint density at radius 3 is 2.50 bits per heavy atom. The Labute approximate surface area is 109 Å². The standard InChI is InChI=1S/C15H24FNO/c1-4-8-15(18)14(5-2)17(3)11-12-9-6-7-10-13(12)16/h6-7,9-10,14-15,18H,4-5,8,11H2,1-3H3. The highest BCUT2D eigenvalue weighted by Gasteiger charge is 2.21. The molecule has 0 aliphatic carbocycles. The molecule has 2 nitrogen and oxygen atoms in total. The monoisotopic (exact) mass is 253 g/mol. The Hall–Kier alpha value is -0.930. The van der Waals surface area contributed by atoms with Crippen LogP contribution in [0.4, 0.5) is 4.39 Å². The lowest BCUT2D eigenvalue weighted by Crippen LogP contribution is -2.40. The van der Waals surface area contributed by atoms with Crippen LogP contribution >= 0.6 is 0 Å². The van der Waals surface area contributed by atoms with Crippen molar-refractivity contribution in [3.8, 4) is 0 Å². The summed E-state index contributed by atoms with van der Waals surface area (Å²) in [6, 6.07) is 6.90. The number of aliphatic hydroxyl groups excluding tert-OH is 1. The van der Waals surface area contributed by atoms with Crippen LogP contribution in [0.3, 0.4) is 0 Å². The summed E-state index contributed by atoms with van der Waals surface area (Å²) in [6.07, 6.45) is 2.29. The predicted molar refractivity (Wildman–Crippen MR) is 72.9 cm³/mol. The lowest BCUT2D eigenvalue weighted by molar-refractivity contribution is 0.0501. The molecule has 3 heteroatoms. The minimum atomic E-state index is -0.336. The first-order chi connectivity index (χ1) is 8.60. The van der Waals surface area contributed by atoms with E-state index in [1.165, 1.54) is 6.07 Å². The van der Waals surface area contributed by atoms with Crippen molar-refractivity contribution in [2.24, 2.45) is 0 Å². The van der Waals surface area contributed by atoms with E-state index in [-0.39, 0.29) is 18.0 Å². The van der Waals surface area contributed by atoms with Gasteiger partial charge in [0.05, 0.1) is 6.10 Å². The zero-order chi connectivity index (χ0) is 13.5. The molecular weight excluding hydrogens is 229 g/mol. The van der Waals surface area contributed by atoms with Gasteiger partial charge in [0.25, 0.3) is 0 Å². The Balaban J connectivity index is 2.68. The summed E-state index contributed by atoms with van der Waals surface area (Å²) in [5.74, 6) is -0.177. The molecule has 18 heavy (non-hydrogen) atoms. The second-order valence-corrected chi connectivity index (χ2v) is 4.84. The van der Waals surface area contributed by atoms with E-state index in [0.717, 1.165) is 19.3 Å². The molecule has 1 rings (SSSR count). The Kier molecular flexibility index (Phi) is 6.30. The maximum Gasteiger partial charge on any atom is 0.127 e. The molecule has 0 fully saturated rings. The maximum atomic E-state index is 13.6. The minimum absolute atomic E-state index is 0.0876. The molecule has 2 unspecified atom stereocenters. The first kappa shape index (κ1) is 15.1. The van der Waals surface area contributed by atoms with E-state index < -0.39 is 0 Å². The van der Waals surface area contributed by atoms with Gasteiger partial charge in [-0.2, -0.15) is 0 Å². The van der Waals surface area contributed by atoms with Crippen LogP contribution in [0.25, 0.3) is 0 Å². The summed E-state index contributed by atoms with van der Waals surface area (Å²) in [4.78, 5) is 2.04. The predicted octanol–water partition coefficient (Wildman–Crippen LogP) is 3.20. The highest BCUT2D eigenvalue weighted by atomic mass is 19.1. The van der Waals surface area contributed by atoms with Gasteiger partial charge in [-0.3, -0.25) is 4.90 Å².